The van der Waals surface area contributed by atoms with Gasteiger partial charge in [0.05, 0.1) is 7.11 Å². The molecule has 1 N–H and O–H groups in total. The van der Waals surface area contributed by atoms with E-state index in [1.807, 2.05) is 0 Å². The number of rotatable bonds is 6. The normalized spacial score (nSPS) is 24.2. The number of allylic oxidation sites excluding steroid dienone is 2. The van der Waals surface area contributed by atoms with Crippen LogP contribution in [0.4, 0.5) is 0 Å². The number of carbonyl (C=O) groups is 3. The molecule has 0 spiro atoms. The molecule has 0 heterocycles. The largest absolute Gasteiger partial charge is 0.466 e. The van der Waals surface area contributed by atoms with Crippen molar-refractivity contribution in [3.05, 3.63) is 36.0 Å². The molecule has 0 unspecified atom stereocenters. The van der Waals surface area contributed by atoms with Crippen LogP contribution in [0.3, 0.4) is 0 Å². The Morgan fingerprint density at radius 2 is 2.14 bits per heavy atom. The maximum Gasteiger partial charge on any atom is 0.333 e. The van der Waals surface area contributed by atoms with Gasteiger partial charge in [0.15, 0.2) is 5.78 Å². The molecule has 0 radical (unpaired) electrons. The maximum absolute atomic E-state index is 11.8. The van der Waals surface area contributed by atoms with Crippen LogP contribution in [0.15, 0.2) is 36.0 Å². The van der Waals surface area contributed by atoms with Crippen molar-refractivity contribution in [3.8, 4) is 0 Å². The fourth-order valence-electron chi connectivity index (χ4n) is 2.12. The lowest BCUT2D eigenvalue weighted by molar-refractivity contribution is -0.136. The molecule has 0 aromatic heterocycles. The first-order valence-corrected chi connectivity index (χ1v) is 6.64. The lowest BCUT2D eigenvalue weighted by Crippen LogP contribution is -2.25. The molecule has 1 rings (SSSR count). The van der Waals surface area contributed by atoms with Gasteiger partial charge in [0.2, 0.25) is 0 Å². The summed E-state index contributed by atoms with van der Waals surface area (Å²) in [4.78, 5) is 34.6. The minimum atomic E-state index is -1.37. The molecule has 2 atom stereocenters. The second-order valence-electron chi connectivity index (χ2n) is 5.29. The summed E-state index contributed by atoms with van der Waals surface area (Å²) in [5.74, 6) is -1.48. The molecule has 0 aromatic rings. The van der Waals surface area contributed by atoms with Gasteiger partial charge in [-0.05, 0) is 32.4 Å². The molecular formula is C16H20O5. The first kappa shape index (κ1) is 17.0. The monoisotopic (exact) mass is 292 g/mol. The van der Waals surface area contributed by atoms with E-state index in [2.05, 4.69) is 11.3 Å². The summed E-state index contributed by atoms with van der Waals surface area (Å²) in [7, 11) is 1.24. The summed E-state index contributed by atoms with van der Waals surface area (Å²) in [5, 5.41) is 10.1. The van der Waals surface area contributed by atoms with Gasteiger partial charge in [-0.25, -0.2) is 4.79 Å². The third-order valence-corrected chi connectivity index (χ3v) is 3.44. The van der Waals surface area contributed by atoms with E-state index in [9.17, 15) is 19.5 Å². The minimum absolute atomic E-state index is 0.0290. The van der Waals surface area contributed by atoms with E-state index in [0.717, 1.165) is 0 Å². The van der Waals surface area contributed by atoms with Gasteiger partial charge in [0.25, 0.3) is 0 Å². The van der Waals surface area contributed by atoms with E-state index >= 15 is 0 Å². The Morgan fingerprint density at radius 3 is 2.57 bits per heavy atom. The molecule has 5 heteroatoms. The number of hydrogen-bond donors (Lipinski definition) is 1. The predicted molar refractivity (Wildman–Crippen MR) is 77.4 cm³/mol. The summed E-state index contributed by atoms with van der Waals surface area (Å²) >= 11 is 0. The number of ether oxygens (including phenoxy) is 1. The minimum Gasteiger partial charge on any atom is -0.466 e. The van der Waals surface area contributed by atoms with Crippen LogP contribution in [0.2, 0.25) is 0 Å². The molecule has 0 amide bonds. The number of carbonyl (C=O) groups excluding carboxylic acids is 3. The van der Waals surface area contributed by atoms with Gasteiger partial charge in [0, 0.05) is 23.5 Å². The lowest BCUT2D eigenvalue weighted by atomic mass is 9.88. The second-order valence-corrected chi connectivity index (χ2v) is 5.29. The summed E-state index contributed by atoms with van der Waals surface area (Å²) in [6.07, 6.45) is 4.76. The fourth-order valence-corrected chi connectivity index (χ4v) is 2.12. The number of hydrogen-bond acceptors (Lipinski definition) is 5. The molecule has 1 aliphatic rings. The highest BCUT2D eigenvalue weighted by Gasteiger charge is 2.34. The average Bonchev–Trinajstić information content (AvgIpc) is 2.67. The molecule has 1 aliphatic carbocycles. The molecule has 0 aliphatic heterocycles. The van der Waals surface area contributed by atoms with E-state index in [-0.39, 0.29) is 29.1 Å². The first-order chi connectivity index (χ1) is 9.69. The van der Waals surface area contributed by atoms with Crippen LogP contribution < -0.4 is 0 Å². The maximum atomic E-state index is 11.8. The third kappa shape index (κ3) is 4.23. The van der Waals surface area contributed by atoms with Crippen molar-refractivity contribution >= 4 is 17.5 Å². The van der Waals surface area contributed by atoms with Gasteiger partial charge in [-0.1, -0.05) is 12.7 Å². The predicted octanol–water partition coefficient (Wildman–Crippen LogP) is 1.52. The van der Waals surface area contributed by atoms with Gasteiger partial charge >= 0.3 is 5.97 Å². The molecule has 0 saturated heterocycles. The SMILES string of the molecule is C=C(C(=O)OC)[C@@H](/C=C1/C(=O)C=C[C@@]1(C)O)CCC(C)=O. The smallest absolute Gasteiger partial charge is 0.333 e. The highest BCUT2D eigenvalue weighted by atomic mass is 16.5. The van der Waals surface area contributed by atoms with Crippen molar-refractivity contribution in [2.75, 3.05) is 7.11 Å². The molecule has 0 bridgehead atoms. The summed E-state index contributed by atoms with van der Waals surface area (Å²) < 4.78 is 4.63. The van der Waals surface area contributed by atoms with Crippen LogP contribution in [0.25, 0.3) is 0 Å². The van der Waals surface area contributed by atoms with Gasteiger partial charge in [-0.3, -0.25) is 4.79 Å². The molecule has 21 heavy (non-hydrogen) atoms. The van der Waals surface area contributed by atoms with Gasteiger partial charge in [0.1, 0.15) is 11.4 Å². The zero-order chi connectivity index (χ0) is 16.2. The van der Waals surface area contributed by atoms with Crippen molar-refractivity contribution < 1.29 is 24.2 Å². The van der Waals surface area contributed by atoms with Crippen LogP contribution in [0.1, 0.15) is 26.7 Å². The molecule has 114 valence electrons. The van der Waals surface area contributed by atoms with Crippen LogP contribution in [-0.4, -0.2) is 35.4 Å². The highest BCUT2D eigenvalue weighted by molar-refractivity contribution is 6.09. The number of aliphatic hydroxyl groups is 1. The Kier molecular flexibility index (Phi) is 5.38. The average molecular weight is 292 g/mol. The van der Waals surface area contributed by atoms with Crippen molar-refractivity contribution in [2.45, 2.75) is 32.3 Å². The van der Waals surface area contributed by atoms with Crippen LogP contribution in [0, 0.1) is 5.92 Å². The van der Waals surface area contributed by atoms with E-state index in [0.29, 0.717) is 6.42 Å². The van der Waals surface area contributed by atoms with Gasteiger partial charge < -0.3 is 14.6 Å². The van der Waals surface area contributed by atoms with Crippen molar-refractivity contribution in [2.24, 2.45) is 5.92 Å². The third-order valence-electron chi connectivity index (χ3n) is 3.44. The number of esters is 1. The Balaban J connectivity index is 3.07. The molecule has 0 saturated carbocycles. The number of ketones is 2. The molecule has 0 fully saturated rings. The summed E-state index contributed by atoms with van der Waals surface area (Å²) in [5.41, 5.74) is -1.04. The van der Waals surface area contributed by atoms with Gasteiger partial charge in [-0.2, -0.15) is 0 Å². The fraction of sp³-hybridized carbons (Fsp3) is 0.438. The van der Waals surface area contributed by atoms with Crippen LogP contribution in [-0.2, 0) is 19.1 Å². The van der Waals surface area contributed by atoms with Crippen molar-refractivity contribution in [1.29, 1.82) is 0 Å². The van der Waals surface area contributed by atoms with E-state index < -0.39 is 17.5 Å². The Hall–Kier alpha value is -2.01. The van der Waals surface area contributed by atoms with Crippen molar-refractivity contribution in [3.63, 3.8) is 0 Å². The van der Waals surface area contributed by atoms with E-state index in [1.54, 1.807) is 0 Å². The molecule has 5 nitrogen and oxygen atoms in total. The summed E-state index contributed by atoms with van der Waals surface area (Å²) in [6, 6.07) is 0. The van der Waals surface area contributed by atoms with Crippen LogP contribution >= 0.6 is 0 Å². The number of Topliss-reactive ketones (excluding diaryl/α,β-unsaturated/α-hetero) is 1. The quantitative estimate of drug-likeness (QED) is 0.593. The summed E-state index contributed by atoms with van der Waals surface area (Å²) in [6.45, 7) is 6.61. The highest BCUT2D eigenvalue weighted by Crippen LogP contribution is 2.30. The lowest BCUT2D eigenvalue weighted by Gasteiger charge is -2.20. The molecular weight excluding hydrogens is 272 g/mol. The zero-order valence-electron chi connectivity index (χ0n) is 12.5. The topological polar surface area (TPSA) is 80.7 Å². The second kappa shape index (κ2) is 6.63. The Morgan fingerprint density at radius 1 is 1.52 bits per heavy atom. The van der Waals surface area contributed by atoms with Gasteiger partial charge in [-0.15, -0.1) is 0 Å². The first-order valence-electron chi connectivity index (χ1n) is 6.64. The Labute approximate surface area is 124 Å². The van der Waals surface area contributed by atoms with Crippen molar-refractivity contribution in [1.82, 2.24) is 0 Å². The Bertz CT molecular complexity index is 537. The van der Waals surface area contributed by atoms with Crippen LogP contribution in [0.5, 0.6) is 0 Å². The zero-order valence-corrected chi connectivity index (χ0v) is 12.5. The number of methoxy groups -OCH3 is 1. The molecule has 0 aromatic carbocycles. The van der Waals surface area contributed by atoms with E-state index in [4.69, 9.17) is 0 Å². The standard InChI is InChI=1S/C16H20O5/c1-10(17)5-6-12(11(2)15(19)21-4)9-13-14(18)7-8-16(13,3)20/h7-9,12,20H,2,5-6H2,1,3-4H3/b13-9-/t12-,16-/m1/s1. The van der Waals surface area contributed by atoms with E-state index in [1.165, 1.54) is 39.2 Å².